The maximum Gasteiger partial charge on any atom is 0.328 e. The lowest BCUT2D eigenvalue weighted by molar-refractivity contribution is -0.131. The third-order valence-electron chi connectivity index (χ3n) is 1.88. The zero-order chi connectivity index (χ0) is 12.8. The average Bonchev–Trinajstić information content (AvgIpc) is 2.29. The van der Waals surface area contributed by atoms with Gasteiger partial charge in [0.25, 0.3) is 0 Å². The van der Waals surface area contributed by atoms with E-state index in [2.05, 4.69) is 26.6 Å². The van der Waals surface area contributed by atoms with Crippen molar-refractivity contribution in [1.29, 1.82) is 0 Å². The molecular formula is C11H11BrN2O2S. The molecule has 90 valence electrons. The number of thiocarbonyl (C=S) groups is 1. The molecule has 4 nitrogen and oxygen atoms in total. The van der Waals surface area contributed by atoms with Gasteiger partial charge in [-0.25, -0.2) is 4.79 Å². The molecule has 0 heterocycles. The lowest BCUT2D eigenvalue weighted by Crippen LogP contribution is -2.24. The molecule has 0 aromatic heterocycles. The molecule has 0 amide bonds. The first-order chi connectivity index (χ1) is 8.02. The third-order valence-corrected chi connectivity index (χ3v) is 2.88. The van der Waals surface area contributed by atoms with Crippen molar-refractivity contribution in [3.63, 3.8) is 0 Å². The van der Waals surface area contributed by atoms with Gasteiger partial charge in [0.05, 0.1) is 5.69 Å². The highest BCUT2D eigenvalue weighted by atomic mass is 79.9. The molecule has 0 bridgehead atoms. The van der Waals surface area contributed by atoms with Crippen LogP contribution in [0.25, 0.3) is 6.08 Å². The summed E-state index contributed by atoms with van der Waals surface area (Å²) in [6.07, 6.45) is 2.60. The van der Waals surface area contributed by atoms with E-state index in [9.17, 15) is 4.79 Å². The molecule has 0 saturated heterocycles. The van der Waals surface area contributed by atoms with E-state index in [-0.39, 0.29) is 0 Å². The lowest BCUT2D eigenvalue weighted by atomic mass is 10.2. The number of anilines is 1. The summed E-state index contributed by atoms with van der Waals surface area (Å²) in [4.78, 5) is 10.4. The van der Waals surface area contributed by atoms with Crippen molar-refractivity contribution in [2.24, 2.45) is 0 Å². The molecule has 0 fully saturated rings. The summed E-state index contributed by atoms with van der Waals surface area (Å²) < 4.78 is 0.850. The quantitative estimate of drug-likeness (QED) is 0.591. The first kappa shape index (κ1) is 13.7. The Kier molecular flexibility index (Phi) is 5.11. The average molecular weight is 315 g/mol. The fourth-order valence-corrected chi connectivity index (χ4v) is 1.55. The van der Waals surface area contributed by atoms with Crippen LogP contribution in [0.3, 0.4) is 0 Å². The standard InChI is InChI=1S/C11H11BrN2O2S/c1-13-11(17)14-9-6-7(2-4-8(9)12)3-5-10(15)16/h2-6H,1H3,(H,15,16)(H2,13,14,17)/b5-3+. The summed E-state index contributed by atoms with van der Waals surface area (Å²) in [7, 11) is 1.72. The van der Waals surface area contributed by atoms with Gasteiger partial charge in [0.15, 0.2) is 5.11 Å². The zero-order valence-electron chi connectivity index (χ0n) is 9.03. The van der Waals surface area contributed by atoms with E-state index in [0.717, 1.165) is 21.8 Å². The van der Waals surface area contributed by atoms with Crippen molar-refractivity contribution in [3.8, 4) is 0 Å². The molecule has 3 N–H and O–H groups in total. The van der Waals surface area contributed by atoms with Crippen molar-refractivity contribution >= 4 is 51.0 Å². The van der Waals surface area contributed by atoms with Crippen LogP contribution in [0.1, 0.15) is 5.56 Å². The first-order valence-electron chi connectivity index (χ1n) is 4.72. The van der Waals surface area contributed by atoms with Crippen LogP contribution in [0, 0.1) is 0 Å². The van der Waals surface area contributed by atoms with Crippen LogP contribution in [-0.2, 0) is 4.79 Å². The maximum absolute atomic E-state index is 10.4. The van der Waals surface area contributed by atoms with Crippen LogP contribution in [0.5, 0.6) is 0 Å². The minimum Gasteiger partial charge on any atom is -0.478 e. The number of benzene rings is 1. The highest BCUT2D eigenvalue weighted by Crippen LogP contribution is 2.24. The van der Waals surface area contributed by atoms with Gasteiger partial charge in [0.1, 0.15) is 0 Å². The van der Waals surface area contributed by atoms with Crippen molar-refractivity contribution < 1.29 is 9.90 Å². The van der Waals surface area contributed by atoms with Gasteiger partial charge in [-0.3, -0.25) is 0 Å². The summed E-state index contributed by atoms with van der Waals surface area (Å²) in [6, 6.07) is 5.42. The van der Waals surface area contributed by atoms with Gasteiger partial charge >= 0.3 is 5.97 Å². The van der Waals surface area contributed by atoms with Gasteiger partial charge in [-0.05, 0) is 51.9 Å². The van der Waals surface area contributed by atoms with Gasteiger partial charge in [-0.15, -0.1) is 0 Å². The number of nitrogens with one attached hydrogen (secondary N) is 2. The smallest absolute Gasteiger partial charge is 0.328 e. The van der Waals surface area contributed by atoms with Crippen molar-refractivity contribution in [2.75, 3.05) is 12.4 Å². The van der Waals surface area contributed by atoms with E-state index < -0.39 is 5.97 Å². The molecule has 6 heteroatoms. The Morgan fingerprint density at radius 3 is 2.82 bits per heavy atom. The van der Waals surface area contributed by atoms with Crippen molar-refractivity contribution in [3.05, 3.63) is 34.3 Å². The molecule has 0 aliphatic rings. The second-order valence-electron chi connectivity index (χ2n) is 3.11. The number of aliphatic carboxylic acids is 1. The van der Waals surface area contributed by atoms with Crippen LogP contribution in [0.4, 0.5) is 5.69 Å². The molecule has 0 aliphatic carbocycles. The fourth-order valence-electron chi connectivity index (χ4n) is 1.09. The second-order valence-corrected chi connectivity index (χ2v) is 4.38. The largest absolute Gasteiger partial charge is 0.478 e. The van der Waals surface area contributed by atoms with Crippen LogP contribution in [0.2, 0.25) is 0 Å². The van der Waals surface area contributed by atoms with Crippen LogP contribution >= 0.6 is 28.1 Å². The van der Waals surface area contributed by atoms with Gasteiger partial charge < -0.3 is 15.7 Å². The van der Waals surface area contributed by atoms with E-state index in [4.69, 9.17) is 17.3 Å². The number of carboxylic acid groups (broad SMARTS) is 1. The predicted octanol–water partition coefficient (Wildman–Crippen LogP) is 2.46. The van der Waals surface area contributed by atoms with E-state index in [1.807, 2.05) is 6.07 Å². The summed E-state index contributed by atoms with van der Waals surface area (Å²) in [5, 5.41) is 14.8. The van der Waals surface area contributed by atoms with Crippen LogP contribution in [-0.4, -0.2) is 23.2 Å². The Bertz CT molecular complexity index is 475. The Morgan fingerprint density at radius 2 is 2.24 bits per heavy atom. The molecule has 17 heavy (non-hydrogen) atoms. The number of carboxylic acids is 1. The number of hydrogen-bond acceptors (Lipinski definition) is 2. The summed E-state index contributed by atoms with van der Waals surface area (Å²) in [6.45, 7) is 0. The molecule has 0 saturated carbocycles. The summed E-state index contributed by atoms with van der Waals surface area (Å²) >= 11 is 8.37. The summed E-state index contributed by atoms with van der Waals surface area (Å²) in [5.74, 6) is -0.979. The molecule has 0 radical (unpaired) electrons. The Labute approximate surface area is 113 Å². The zero-order valence-corrected chi connectivity index (χ0v) is 11.4. The van der Waals surface area contributed by atoms with Crippen molar-refractivity contribution in [1.82, 2.24) is 5.32 Å². The van der Waals surface area contributed by atoms with Gasteiger partial charge in [0, 0.05) is 17.6 Å². The molecule has 1 aromatic carbocycles. The minimum atomic E-state index is -0.979. The van der Waals surface area contributed by atoms with Gasteiger partial charge in [-0.2, -0.15) is 0 Å². The SMILES string of the molecule is CNC(=S)Nc1cc(/C=C/C(=O)O)ccc1Br. The number of rotatable bonds is 3. The molecule has 0 aliphatic heterocycles. The van der Waals surface area contributed by atoms with E-state index >= 15 is 0 Å². The highest BCUT2D eigenvalue weighted by molar-refractivity contribution is 9.10. The van der Waals surface area contributed by atoms with Crippen LogP contribution < -0.4 is 10.6 Å². The topological polar surface area (TPSA) is 61.4 Å². The molecule has 0 spiro atoms. The highest BCUT2D eigenvalue weighted by Gasteiger charge is 2.02. The monoisotopic (exact) mass is 314 g/mol. The van der Waals surface area contributed by atoms with E-state index in [1.165, 1.54) is 6.08 Å². The normalized spacial score (nSPS) is 10.2. The minimum absolute atomic E-state index is 0.491. The second kappa shape index (κ2) is 6.36. The number of hydrogen-bond donors (Lipinski definition) is 3. The predicted molar refractivity (Wildman–Crippen MR) is 76.1 cm³/mol. The Balaban J connectivity index is 2.94. The fraction of sp³-hybridized carbons (Fsp3) is 0.0909. The molecule has 0 atom stereocenters. The Hall–Kier alpha value is -1.40. The summed E-state index contributed by atoms with van der Waals surface area (Å²) in [5.41, 5.74) is 1.55. The molecule has 0 unspecified atom stereocenters. The van der Waals surface area contributed by atoms with E-state index in [0.29, 0.717) is 5.11 Å². The van der Waals surface area contributed by atoms with Gasteiger partial charge in [-0.1, -0.05) is 6.07 Å². The molecular weight excluding hydrogens is 304 g/mol. The van der Waals surface area contributed by atoms with E-state index in [1.54, 1.807) is 19.2 Å². The number of carbonyl (C=O) groups is 1. The number of halogens is 1. The Morgan fingerprint density at radius 1 is 1.53 bits per heavy atom. The first-order valence-corrected chi connectivity index (χ1v) is 5.92. The lowest BCUT2D eigenvalue weighted by Gasteiger charge is -2.09. The third kappa shape index (κ3) is 4.54. The van der Waals surface area contributed by atoms with Crippen molar-refractivity contribution in [2.45, 2.75) is 0 Å². The van der Waals surface area contributed by atoms with Crippen LogP contribution in [0.15, 0.2) is 28.7 Å². The molecule has 1 aromatic rings. The van der Waals surface area contributed by atoms with Gasteiger partial charge in [0.2, 0.25) is 0 Å². The molecule has 1 rings (SSSR count). The maximum atomic E-state index is 10.4.